The van der Waals surface area contributed by atoms with Gasteiger partial charge < -0.3 is 4.90 Å². The average Bonchev–Trinajstić information content (AvgIpc) is 2.58. The van der Waals surface area contributed by atoms with Gasteiger partial charge >= 0.3 is 0 Å². The van der Waals surface area contributed by atoms with Crippen molar-refractivity contribution in [3.8, 4) is 0 Å². The molecule has 0 fully saturated rings. The Morgan fingerprint density at radius 2 is 1.88 bits per heavy atom. The molecule has 0 saturated carbocycles. The Morgan fingerprint density at radius 1 is 1.16 bits per heavy atom. The van der Waals surface area contributed by atoms with Crippen LogP contribution in [0.1, 0.15) is 19.4 Å². The van der Waals surface area contributed by atoms with E-state index in [1.165, 1.54) is 19.1 Å². The van der Waals surface area contributed by atoms with Crippen LogP contribution in [0, 0.1) is 0 Å². The molecule has 0 aliphatic carbocycles. The predicted molar refractivity (Wildman–Crippen MR) is 100 cm³/mol. The Hall–Kier alpha value is -1.89. The summed E-state index contributed by atoms with van der Waals surface area (Å²) in [4.78, 5) is 13.7. The summed E-state index contributed by atoms with van der Waals surface area (Å²) in [6, 6.07) is 13.7. The molecule has 2 rings (SSSR count). The largest absolute Gasteiger partial charge is 0.311 e. The summed E-state index contributed by atoms with van der Waals surface area (Å²) in [5.74, 6) is -0.136. The molecule has 1 amide bonds. The van der Waals surface area contributed by atoms with Crippen molar-refractivity contribution >= 4 is 33.2 Å². The van der Waals surface area contributed by atoms with Crippen LogP contribution in [0.25, 0.3) is 0 Å². The van der Waals surface area contributed by atoms with Crippen LogP contribution in [0.5, 0.6) is 0 Å². The monoisotopic (exact) mass is 380 g/mol. The van der Waals surface area contributed by atoms with E-state index in [-0.39, 0.29) is 23.9 Å². The Labute approximate surface area is 153 Å². The summed E-state index contributed by atoms with van der Waals surface area (Å²) in [7, 11) is -3.67. The highest BCUT2D eigenvalue weighted by atomic mass is 35.5. The third-order valence-electron chi connectivity index (χ3n) is 3.78. The van der Waals surface area contributed by atoms with E-state index in [0.29, 0.717) is 5.02 Å². The quantitative estimate of drug-likeness (QED) is 0.801. The average molecular weight is 381 g/mol. The molecule has 0 radical (unpaired) electrons. The van der Waals surface area contributed by atoms with E-state index in [9.17, 15) is 13.2 Å². The Morgan fingerprint density at radius 3 is 2.52 bits per heavy atom. The number of para-hydroxylation sites is 1. The van der Waals surface area contributed by atoms with Crippen molar-refractivity contribution in [1.29, 1.82) is 0 Å². The minimum absolute atomic E-state index is 0.100. The lowest BCUT2D eigenvalue weighted by atomic mass is 10.1. The Balaban J connectivity index is 2.11. The van der Waals surface area contributed by atoms with Gasteiger partial charge in [0.25, 0.3) is 0 Å². The molecule has 0 bridgehead atoms. The molecule has 0 spiro atoms. The number of carbonyl (C=O) groups excluding carboxylic acids is 1. The van der Waals surface area contributed by atoms with E-state index < -0.39 is 10.0 Å². The fraction of sp³-hybridized carbons (Fsp3) is 0.278. The number of sulfonamides is 1. The zero-order chi connectivity index (χ0) is 18.4. The number of nitrogens with one attached hydrogen (secondary N) is 1. The topological polar surface area (TPSA) is 66.5 Å². The van der Waals surface area contributed by atoms with Crippen molar-refractivity contribution < 1.29 is 13.2 Å². The molecule has 0 saturated heterocycles. The van der Waals surface area contributed by atoms with Crippen LogP contribution in [0.2, 0.25) is 5.02 Å². The van der Waals surface area contributed by atoms with Gasteiger partial charge in [0, 0.05) is 30.7 Å². The van der Waals surface area contributed by atoms with Crippen LogP contribution in [0.15, 0.2) is 53.4 Å². The van der Waals surface area contributed by atoms with Gasteiger partial charge in [0.1, 0.15) is 0 Å². The fourth-order valence-corrected chi connectivity index (χ4v) is 3.85. The number of nitrogens with zero attached hydrogens (tertiary/aromatic N) is 1. The minimum atomic E-state index is -3.67. The predicted octanol–water partition coefficient (Wildman–Crippen LogP) is 3.23. The summed E-state index contributed by atoms with van der Waals surface area (Å²) in [6.07, 6.45) is 0.786. The van der Waals surface area contributed by atoms with Gasteiger partial charge in [-0.05, 0) is 36.2 Å². The zero-order valence-corrected chi connectivity index (χ0v) is 15.8. The van der Waals surface area contributed by atoms with Gasteiger partial charge in [0.2, 0.25) is 15.9 Å². The third-order valence-corrected chi connectivity index (χ3v) is 5.47. The maximum Gasteiger partial charge on any atom is 0.240 e. The molecular weight excluding hydrogens is 360 g/mol. The lowest BCUT2D eigenvalue weighted by molar-refractivity contribution is -0.116. The van der Waals surface area contributed by atoms with Gasteiger partial charge in [-0.3, -0.25) is 4.79 Å². The van der Waals surface area contributed by atoms with Crippen molar-refractivity contribution in [2.75, 3.05) is 18.0 Å². The van der Waals surface area contributed by atoms with Gasteiger partial charge in [-0.15, -0.1) is 0 Å². The molecule has 134 valence electrons. The van der Waals surface area contributed by atoms with Gasteiger partial charge in [0.05, 0.1) is 4.90 Å². The SMILES string of the molecule is CCc1ccccc1N(CCNS(=O)(=O)c1cccc(Cl)c1)C(C)=O. The highest BCUT2D eigenvalue weighted by molar-refractivity contribution is 7.89. The van der Waals surface area contributed by atoms with Crippen LogP contribution in [-0.2, 0) is 21.2 Å². The molecule has 5 nitrogen and oxygen atoms in total. The highest BCUT2D eigenvalue weighted by Gasteiger charge is 2.17. The Bertz CT molecular complexity index is 853. The number of carbonyl (C=O) groups is 1. The molecule has 0 aliphatic heterocycles. The first-order valence-electron chi connectivity index (χ1n) is 7.96. The number of aryl methyl sites for hydroxylation is 1. The molecule has 25 heavy (non-hydrogen) atoms. The van der Waals surface area contributed by atoms with Crippen LogP contribution in [-0.4, -0.2) is 27.4 Å². The molecule has 0 atom stereocenters. The van der Waals surface area contributed by atoms with Gasteiger partial charge in [-0.1, -0.05) is 42.8 Å². The third kappa shape index (κ3) is 5.04. The number of halogens is 1. The molecule has 2 aromatic rings. The smallest absolute Gasteiger partial charge is 0.240 e. The summed E-state index contributed by atoms with van der Waals surface area (Å²) in [6.45, 7) is 3.83. The van der Waals surface area contributed by atoms with E-state index in [0.717, 1.165) is 17.7 Å². The Kier molecular flexibility index (Phi) is 6.58. The van der Waals surface area contributed by atoms with E-state index >= 15 is 0 Å². The van der Waals surface area contributed by atoms with Crippen LogP contribution in [0.3, 0.4) is 0 Å². The first kappa shape index (κ1) is 19.4. The van der Waals surface area contributed by atoms with Crippen LogP contribution >= 0.6 is 11.6 Å². The first-order valence-corrected chi connectivity index (χ1v) is 9.82. The maximum atomic E-state index is 12.3. The summed E-state index contributed by atoms with van der Waals surface area (Å²) < 4.78 is 27.2. The second-order valence-electron chi connectivity index (χ2n) is 5.51. The van der Waals surface area contributed by atoms with Crippen LogP contribution in [0.4, 0.5) is 5.69 Å². The number of hydrogen-bond acceptors (Lipinski definition) is 3. The molecule has 1 N–H and O–H groups in total. The summed E-state index contributed by atoms with van der Waals surface area (Å²) >= 11 is 5.85. The van der Waals surface area contributed by atoms with Crippen molar-refractivity contribution in [3.63, 3.8) is 0 Å². The standard InChI is InChI=1S/C18H21ClN2O3S/c1-3-15-7-4-5-10-18(15)21(14(2)22)12-11-20-25(23,24)17-9-6-8-16(19)13-17/h4-10,13,20H,3,11-12H2,1-2H3. The van der Waals surface area contributed by atoms with Gasteiger partial charge in [0.15, 0.2) is 0 Å². The van der Waals surface area contributed by atoms with Crippen molar-refractivity contribution in [3.05, 3.63) is 59.1 Å². The second kappa shape index (κ2) is 8.47. The number of amides is 1. The highest BCUT2D eigenvalue weighted by Crippen LogP contribution is 2.21. The van der Waals surface area contributed by atoms with E-state index in [4.69, 9.17) is 11.6 Å². The van der Waals surface area contributed by atoms with E-state index in [2.05, 4.69) is 4.72 Å². The maximum absolute atomic E-state index is 12.3. The van der Waals surface area contributed by atoms with Gasteiger partial charge in [-0.25, -0.2) is 13.1 Å². The van der Waals surface area contributed by atoms with Crippen LogP contribution < -0.4 is 9.62 Å². The van der Waals surface area contributed by atoms with Crippen molar-refractivity contribution in [2.24, 2.45) is 0 Å². The lowest BCUT2D eigenvalue weighted by Gasteiger charge is -2.24. The fourth-order valence-electron chi connectivity index (χ4n) is 2.53. The minimum Gasteiger partial charge on any atom is -0.311 e. The first-order chi connectivity index (χ1) is 11.8. The van der Waals surface area contributed by atoms with Crippen molar-refractivity contribution in [1.82, 2.24) is 4.72 Å². The molecule has 2 aromatic carbocycles. The molecule has 0 unspecified atom stereocenters. The number of hydrogen-bond donors (Lipinski definition) is 1. The zero-order valence-electron chi connectivity index (χ0n) is 14.2. The second-order valence-corrected chi connectivity index (χ2v) is 7.71. The summed E-state index contributed by atoms with van der Waals surface area (Å²) in [5, 5.41) is 0.352. The van der Waals surface area contributed by atoms with E-state index in [1.807, 2.05) is 31.2 Å². The summed E-state index contributed by atoms with van der Waals surface area (Å²) in [5.41, 5.74) is 1.84. The molecular formula is C18H21ClN2O3S. The molecule has 7 heteroatoms. The molecule has 0 heterocycles. The number of anilines is 1. The number of benzene rings is 2. The molecule has 0 aromatic heterocycles. The van der Waals surface area contributed by atoms with Gasteiger partial charge in [-0.2, -0.15) is 0 Å². The van der Waals surface area contributed by atoms with Crippen molar-refractivity contribution in [2.45, 2.75) is 25.2 Å². The van der Waals surface area contributed by atoms with E-state index in [1.54, 1.807) is 17.0 Å². The molecule has 0 aliphatic rings. The normalized spacial score (nSPS) is 11.3. The number of rotatable bonds is 7. The lowest BCUT2D eigenvalue weighted by Crippen LogP contribution is -2.38.